The third-order valence-electron chi connectivity index (χ3n) is 1.93. The molecule has 0 saturated heterocycles. The summed E-state index contributed by atoms with van der Waals surface area (Å²) in [6.07, 6.45) is 0. The lowest BCUT2D eigenvalue weighted by atomic mass is 10.2. The molecular formula is C11H12Br2INO2. The quantitative estimate of drug-likeness (QED) is 0.389. The maximum atomic E-state index is 11.8. The van der Waals surface area contributed by atoms with Crippen LogP contribution in [0.15, 0.2) is 22.7 Å². The van der Waals surface area contributed by atoms with Crippen LogP contribution in [0, 0.1) is 3.57 Å². The van der Waals surface area contributed by atoms with Crippen LogP contribution in [0.1, 0.15) is 10.4 Å². The number of nitrogens with one attached hydrogen (secondary N) is 1. The molecule has 0 heterocycles. The van der Waals surface area contributed by atoms with Crippen LogP contribution in [-0.2, 0) is 4.74 Å². The Labute approximate surface area is 131 Å². The summed E-state index contributed by atoms with van der Waals surface area (Å²) in [5.41, 5.74) is 0.681. The highest BCUT2D eigenvalue weighted by Crippen LogP contribution is 2.18. The molecule has 0 aliphatic heterocycles. The van der Waals surface area contributed by atoms with E-state index >= 15 is 0 Å². The second kappa shape index (κ2) is 8.44. The average Bonchev–Trinajstić information content (AvgIpc) is 2.32. The number of rotatable bonds is 6. The van der Waals surface area contributed by atoms with Crippen LogP contribution in [0.4, 0.5) is 0 Å². The van der Waals surface area contributed by atoms with Gasteiger partial charge in [-0.25, -0.2) is 0 Å². The van der Waals surface area contributed by atoms with E-state index in [1.165, 1.54) is 0 Å². The maximum Gasteiger partial charge on any atom is 0.252 e. The number of hydrogen-bond acceptors (Lipinski definition) is 2. The Morgan fingerprint density at radius 1 is 1.41 bits per heavy atom. The third kappa shape index (κ3) is 5.67. The van der Waals surface area contributed by atoms with Crippen LogP contribution in [0.3, 0.4) is 0 Å². The SMILES string of the molecule is O=C(NCCOCCBr)c1cc(Br)ccc1I. The molecule has 0 atom stereocenters. The van der Waals surface area contributed by atoms with E-state index in [0.717, 1.165) is 13.4 Å². The van der Waals surface area contributed by atoms with E-state index in [0.29, 0.717) is 25.3 Å². The Morgan fingerprint density at radius 2 is 2.18 bits per heavy atom. The fourth-order valence-corrected chi connectivity index (χ4v) is 2.33. The van der Waals surface area contributed by atoms with Gasteiger partial charge in [-0.3, -0.25) is 4.79 Å². The van der Waals surface area contributed by atoms with Crippen molar-refractivity contribution in [3.8, 4) is 0 Å². The number of ether oxygens (including phenoxy) is 1. The fourth-order valence-electron chi connectivity index (χ4n) is 1.16. The van der Waals surface area contributed by atoms with Gasteiger partial charge in [0.2, 0.25) is 0 Å². The number of carbonyl (C=O) groups excluding carboxylic acids is 1. The highest BCUT2D eigenvalue weighted by atomic mass is 127. The van der Waals surface area contributed by atoms with Crippen molar-refractivity contribution in [2.75, 3.05) is 25.1 Å². The lowest BCUT2D eigenvalue weighted by molar-refractivity contribution is 0.0923. The molecule has 0 radical (unpaired) electrons. The number of alkyl halides is 1. The summed E-state index contributed by atoms with van der Waals surface area (Å²) in [5, 5.41) is 3.63. The number of halogens is 3. The van der Waals surface area contributed by atoms with Crippen LogP contribution in [0.5, 0.6) is 0 Å². The molecule has 6 heteroatoms. The third-order valence-corrected chi connectivity index (χ3v) is 3.68. The predicted molar refractivity (Wildman–Crippen MR) is 83.8 cm³/mol. The van der Waals surface area contributed by atoms with Crippen LogP contribution >= 0.6 is 54.5 Å². The molecule has 0 spiro atoms. The van der Waals surface area contributed by atoms with Gasteiger partial charge in [0.05, 0.1) is 18.8 Å². The van der Waals surface area contributed by atoms with Crippen LogP contribution < -0.4 is 5.32 Å². The van der Waals surface area contributed by atoms with Gasteiger partial charge in [-0.15, -0.1) is 0 Å². The van der Waals surface area contributed by atoms with E-state index in [1.54, 1.807) is 0 Å². The smallest absolute Gasteiger partial charge is 0.252 e. The molecular weight excluding hydrogens is 465 g/mol. The minimum atomic E-state index is -0.0712. The van der Waals surface area contributed by atoms with Crippen molar-refractivity contribution in [3.63, 3.8) is 0 Å². The van der Waals surface area contributed by atoms with Crippen LogP contribution in [-0.4, -0.2) is 31.0 Å². The average molecular weight is 477 g/mol. The molecule has 1 amide bonds. The monoisotopic (exact) mass is 475 g/mol. The first kappa shape index (κ1) is 15.4. The molecule has 0 saturated carbocycles. The van der Waals surface area contributed by atoms with E-state index in [2.05, 4.69) is 59.8 Å². The van der Waals surface area contributed by atoms with Crippen molar-refractivity contribution in [2.45, 2.75) is 0 Å². The first-order chi connectivity index (χ1) is 8.15. The summed E-state index contributed by atoms with van der Waals surface area (Å²) in [4.78, 5) is 11.8. The highest BCUT2D eigenvalue weighted by Gasteiger charge is 2.09. The van der Waals surface area contributed by atoms with Gasteiger partial charge in [-0.05, 0) is 40.8 Å². The van der Waals surface area contributed by atoms with Crippen molar-refractivity contribution >= 4 is 60.4 Å². The highest BCUT2D eigenvalue weighted by molar-refractivity contribution is 14.1. The molecule has 1 N–H and O–H groups in total. The van der Waals surface area contributed by atoms with E-state index < -0.39 is 0 Å². The van der Waals surface area contributed by atoms with E-state index in [4.69, 9.17) is 4.74 Å². The zero-order valence-corrected chi connectivity index (χ0v) is 14.3. The molecule has 94 valence electrons. The van der Waals surface area contributed by atoms with E-state index in [9.17, 15) is 4.79 Å². The first-order valence-corrected chi connectivity index (χ1v) is 8.01. The van der Waals surface area contributed by atoms with Gasteiger partial charge in [-0.1, -0.05) is 31.9 Å². The summed E-state index contributed by atoms with van der Waals surface area (Å²) < 4.78 is 7.09. The molecule has 0 aliphatic carbocycles. The molecule has 1 rings (SSSR count). The van der Waals surface area contributed by atoms with Crippen molar-refractivity contribution in [1.82, 2.24) is 5.32 Å². The summed E-state index contributed by atoms with van der Waals surface area (Å²) >= 11 is 8.77. The van der Waals surface area contributed by atoms with Crippen molar-refractivity contribution in [1.29, 1.82) is 0 Å². The topological polar surface area (TPSA) is 38.3 Å². The van der Waals surface area contributed by atoms with Gasteiger partial charge in [-0.2, -0.15) is 0 Å². The second-order valence-corrected chi connectivity index (χ2v) is 6.05. The first-order valence-electron chi connectivity index (χ1n) is 5.02. The summed E-state index contributed by atoms with van der Waals surface area (Å²) in [5.74, 6) is -0.0712. The van der Waals surface area contributed by atoms with Gasteiger partial charge in [0.25, 0.3) is 5.91 Å². The Hall–Kier alpha value is 0.340. The van der Waals surface area contributed by atoms with Gasteiger partial charge in [0.15, 0.2) is 0 Å². The molecule has 0 aliphatic rings. The zero-order valence-electron chi connectivity index (χ0n) is 9.01. The van der Waals surface area contributed by atoms with Gasteiger partial charge < -0.3 is 10.1 Å². The molecule has 0 fully saturated rings. The maximum absolute atomic E-state index is 11.8. The molecule has 0 unspecified atom stereocenters. The van der Waals surface area contributed by atoms with Gasteiger partial charge >= 0.3 is 0 Å². The van der Waals surface area contributed by atoms with Crippen LogP contribution in [0.25, 0.3) is 0 Å². The largest absolute Gasteiger partial charge is 0.379 e. The Kier molecular flexibility index (Phi) is 7.65. The van der Waals surface area contributed by atoms with E-state index in [1.807, 2.05) is 18.2 Å². The summed E-state index contributed by atoms with van der Waals surface area (Å²) in [6, 6.07) is 5.63. The number of hydrogen-bond donors (Lipinski definition) is 1. The zero-order chi connectivity index (χ0) is 12.7. The second-order valence-electron chi connectivity index (χ2n) is 3.18. The number of amides is 1. The van der Waals surface area contributed by atoms with Crippen molar-refractivity contribution < 1.29 is 9.53 Å². The summed E-state index contributed by atoms with van der Waals surface area (Å²) in [7, 11) is 0. The lowest BCUT2D eigenvalue weighted by Crippen LogP contribution is -2.28. The molecule has 17 heavy (non-hydrogen) atoms. The fraction of sp³-hybridized carbons (Fsp3) is 0.364. The Morgan fingerprint density at radius 3 is 2.88 bits per heavy atom. The minimum Gasteiger partial charge on any atom is -0.379 e. The minimum absolute atomic E-state index is 0.0712. The molecule has 0 aromatic heterocycles. The lowest BCUT2D eigenvalue weighted by Gasteiger charge is -2.07. The number of carbonyl (C=O) groups is 1. The van der Waals surface area contributed by atoms with Gasteiger partial charge in [0, 0.05) is 19.9 Å². The predicted octanol–water partition coefficient (Wildman–Crippen LogP) is 3.20. The molecule has 0 bridgehead atoms. The van der Waals surface area contributed by atoms with E-state index in [-0.39, 0.29) is 5.91 Å². The molecule has 3 nitrogen and oxygen atoms in total. The van der Waals surface area contributed by atoms with Gasteiger partial charge in [0.1, 0.15) is 0 Å². The number of benzene rings is 1. The molecule has 1 aromatic rings. The Bertz CT molecular complexity index is 388. The van der Waals surface area contributed by atoms with Crippen LogP contribution in [0.2, 0.25) is 0 Å². The normalized spacial score (nSPS) is 10.3. The summed E-state index contributed by atoms with van der Waals surface area (Å²) in [6.45, 7) is 1.71. The Balaban J connectivity index is 2.44. The molecule has 1 aromatic carbocycles. The van der Waals surface area contributed by atoms with Crippen molar-refractivity contribution in [3.05, 3.63) is 31.8 Å². The standard InChI is InChI=1S/C11H12Br2INO2/c12-3-5-17-6-4-15-11(16)9-7-8(13)1-2-10(9)14/h1-2,7H,3-6H2,(H,15,16). The van der Waals surface area contributed by atoms with Crippen molar-refractivity contribution in [2.24, 2.45) is 0 Å².